The van der Waals surface area contributed by atoms with Gasteiger partial charge in [-0.1, -0.05) is 0 Å². The number of rotatable bonds is 3. The first-order valence-corrected chi connectivity index (χ1v) is 6.15. The minimum absolute atomic E-state index is 0.184. The van der Waals surface area contributed by atoms with Gasteiger partial charge in [0, 0.05) is 19.3 Å². The summed E-state index contributed by atoms with van der Waals surface area (Å²) in [7, 11) is 0. The summed E-state index contributed by atoms with van der Waals surface area (Å²) in [5, 5.41) is 12.9. The number of nitrogens with zero attached hydrogens (tertiary/aromatic N) is 1. The molecular formula is C12H13F2N3O4. The molecule has 0 saturated carbocycles. The molecule has 1 fully saturated rings. The van der Waals surface area contributed by atoms with Gasteiger partial charge in [0.15, 0.2) is 17.3 Å². The highest BCUT2D eigenvalue weighted by molar-refractivity contribution is 5.99. The molecule has 0 aliphatic carbocycles. The molecule has 7 nitrogen and oxygen atoms in total. The third-order valence-electron chi connectivity index (χ3n) is 3.35. The van der Waals surface area contributed by atoms with Crippen LogP contribution in [-0.2, 0) is 9.53 Å². The number of ether oxygens (including phenoxy) is 1. The first-order valence-electron chi connectivity index (χ1n) is 6.15. The van der Waals surface area contributed by atoms with Crippen molar-refractivity contribution in [2.24, 2.45) is 5.73 Å². The molecule has 3 N–H and O–H groups in total. The second-order valence-corrected chi connectivity index (χ2v) is 4.74. The third kappa shape index (κ3) is 2.98. The molecule has 1 aromatic carbocycles. The molecule has 1 amide bonds. The number of amides is 1. The molecule has 0 aromatic heterocycles. The largest absolute Gasteiger partial charge is 0.381 e. The molecule has 9 heteroatoms. The number of benzene rings is 1. The number of hydrogen-bond donors (Lipinski definition) is 2. The average Bonchev–Trinajstić information content (AvgIpc) is 2.44. The number of nitro benzene ring substituents is 1. The molecule has 1 heterocycles. The summed E-state index contributed by atoms with van der Waals surface area (Å²) >= 11 is 0. The summed E-state index contributed by atoms with van der Waals surface area (Å²) in [6.07, 6.45) is 0.368. The van der Waals surface area contributed by atoms with Gasteiger partial charge < -0.3 is 15.8 Å². The lowest BCUT2D eigenvalue weighted by molar-refractivity contribution is -0.384. The van der Waals surface area contributed by atoms with E-state index in [2.05, 4.69) is 0 Å². The van der Waals surface area contributed by atoms with Crippen molar-refractivity contribution in [3.8, 4) is 0 Å². The fourth-order valence-electron chi connectivity index (χ4n) is 2.01. The molecule has 1 aliphatic heterocycles. The monoisotopic (exact) mass is 301 g/mol. The van der Waals surface area contributed by atoms with Crippen molar-refractivity contribution in [1.82, 2.24) is 0 Å². The quantitative estimate of drug-likeness (QED) is 0.646. The molecule has 0 bridgehead atoms. The molecule has 0 unspecified atom stereocenters. The highest BCUT2D eigenvalue weighted by atomic mass is 19.2. The van der Waals surface area contributed by atoms with E-state index in [9.17, 15) is 23.7 Å². The number of halogens is 2. The Labute approximate surface area is 118 Å². The van der Waals surface area contributed by atoms with Crippen molar-refractivity contribution in [3.05, 3.63) is 33.9 Å². The first-order chi connectivity index (χ1) is 9.85. The third-order valence-corrected chi connectivity index (χ3v) is 3.35. The zero-order valence-electron chi connectivity index (χ0n) is 10.9. The van der Waals surface area contributed by atoms with Crippen LogP contribution in [0.5, 0.6) is 0 Å². The van der Waals surface area contributed by atoms with Crippen molar-refractivity contribution in [1.29, 1.82) is 0 Å². The van der Waals surface area contributed by atoms with Crippen LogP contribution >= 0.6 is 0 Å². The fourth-order valence-corrected chi connectivity index (χ4v) is 2.01. The van der Waals surface area contributed by atoms with Gasteiger partial charge in [-0.2, -0.15) is 0 Å². The van der Waals surface area contributed by atoms with Crippen LogP contribution in [0.15, 0.2) is 12.1 Å². The lowest BCUT2D eigenvalue weighted by Crippen LogP contribution is -2.54. The Bertz CT molecular complexity index is 588. The Kier molecular flexibility index (Phi) is 4.14. The van der Waals surface area contributed by atoms with Crippen molar-refractivity contribution in [2.45, 2.75) is 18.4 Å². The SMILES string of the molecule is NC1(C(=O)Nc2c([N+](=O)[O-])ccc(F)c2F)CCOCC1. The normalized spacial score (nSPS) is 17.3. The predicted molar refractivity (Wildman–Crippen MR) is 68.6 cm³/mol. The number of carbonyl (C=O) groups is 1. The van der Waals surface area contributed by atoms with E-state index in [-0.39, 0.29) is 26.1 Å². The van der Waals surface area contributed by atoms with Gasteiger partial charge in [-0.05, 0) is 18.9 Å². The minimum Gasteiger partial charge on any atom is -0.381 e. The van der Waals surface area contributed by atoms with Crippen LogP contribution in [0.3, 0.4) is 0 Å². The smallest absolute Gasteiger partial charge is 0.296 e. The van der Waals surface area contributed by atoms with Gasteiger partial charge in [0.05, 0.1) is 4.92 Å². The molecule has 1 aliphatic rings. The van der Waals surface area contributed by atoms with Gasteiger partial charge in [-0.15, -0.1) is 0 Å². The minimum atomic E-state index is -1.49. The van der Waals surface area contributed by atoms with Gasteiger partial charge in [0.25, 0.3) is 5.69 Å². The van der Waals surface area contributed by atoms with E-state index in [1.54, 1.807) is 0 Å². The van der Waals surface area contributed by atoms with Crippen LogP contribution in [0.1, 0.15) is 12.8 Å². The Morgan fingerprint density at radius 2 is 2.00 bits per heavy atom. The maximum Gasteiger partial charge on any atom is 0.296 e. The zero-order valence-corrected chi connectivity index (χ0v) is 10.9. The Balaban J connectivity index is 2.32. The summed E-state index contributed by atoms with van der Waals surface area (Å²) in [5.41, 5.74) is 3.00. The lowest BCUT2D eigenvalue weighted by Gasteiger charge is -2.31. The maximum atomic E-state index is 13.7. The van der Waals surface area contributed by atoms with E-state index in [1.807, 2.05) is 5.32 Å². The lowest BCUT2D eigenvalue weighted by atomic mass is 9.90. The van der Waals surface area contributed by atoms with Gasteiger partial charge in [-0.25, -0.2) is 8.78 Å². The zero-order chi connectivity index (χ0) is 15.6. The van der Waals surface area contributed by atoms with Crippen molar-refractivity contribution >= 4 is 17.3 Å². The van der Waals surface area contributed by atoms with Crippen LogP contribution in [0.4, 0.5) is 20.2 Å². The number of hydrogen-bond acceptors (Lipinski definition) is 5. The van der Waals surface area contributed by atoms with Crippen LogP contribution in [0.25, 0.3) is 0 Å². The fraction of sp³-hybridized carbons (Fsp3) is 0.417. The van der Waals surface area contributed by atoms with Crippen LogP contribution in [-0.4, -0.2) is 29.6 Å². The van der Waals surface area contributed by atoms with Crippen molar-refractivity contribution in [3.63, 3.8) is 0 Å². The van der Waals surface area contributed by atoms with Gasteiger partial charge >= 0.3 is 0 Å². The topological polar surface area (TPSA) is 107 Å². The van der Waals surface area contributed by atoms with Gasteiger partial charge in [-0.3, -0.25) is 14.9 Å². The highest BCUT2D eigenvalue weighted by Gasteiger charge is 2.37. The van der Waals surface area contributed by atoms with E-state index in [0.29, 0.717) is 6.07 Å². The van der Waals surface area contributed by atoms with Gasteiger partial charge in [0.2, 0.25) is 5.91 Å². The van der Waals surface area contributed by atoms with Gasteiger partial charge in [0.1, 0.15) is 5.54 Å². The van der Waals surface area contributed by atoms with E-state index < -0.39 is 39.4 Å². The summed E-state index contributed by atoms with van der Waals surface area (Å²) < 4.78 is 32.0. The van der Waals surface area contributed by atoms with E-state index >= 15 is 0 Å². The van der Waals surface area contributed by atoms with Crippen LogP contribution < -0.4 is 11.1 Å². The van der Waals surface area contributed by atoms with E-state index in [1.165, 1.54) is 0 Å². The molecule has 0 radical (unpaired) electrons. The molecule has 2 rings (SSSR count). The molecule has 114 valence electrons. The summed E-state index contributed by atoms with van der Waals surface area (Å²) in [6.45, 7) is 0.495. The van der Waals surface area contributed by atoms with Crippen molar-refractivity contribution < 1.29 is 23.2 Å². The van der Waals surface area contributed by atoms with Crippen LogP contribution in [0, 0.1) is 21.7 Å². The Morgan fingerprint density at radius 3 is 2.57 bits per heavy atom. The second-order valence-electron chi connectivity index (χ2n) is 4.74. The number of nitrogens with two attached hydrogens (primary N) is 1. The summed E-state index contributed by atoms with van der Waals surface area (Å²) in [4.78, 5) is 22.0. The standard InChI is InChI=1S/C12H13F2N3O4/c13-7-1-2-8(17(19)20)10(9(7)14)16-11(18)12(15)3-5-21-6-4-12/h1-2H,3-6,15H2,(H,16,18). The Hall–Kier alpha value is -2.13. The molecule has 0 atom stereocenters. The van der Waals surface area contributed by atoms with Crippen LogP contribution in [0.2, 0.25) is 0 Å². The molecule has 21 heavy (non-hydrogen) atoms. The molecule has 1 saturated heterocycles. The number of nitrogens with one attached hydrogen (secondary N) is 1. The number of anilines is 1. The predicted octanol–water partition coefficient (Wildman–Crippen LogP) is 1.32. The highest BCUT2D eigenvalue weighted by Crippen LogP contribution is 2.30. The maximum absolute atomic E-state index is 13.7. The number of carbonyl (C=O) groups excluding carboxylic acids is 1. The summed E-state index contributed by atoms with van der Waals surface area (Å²) in [5.74, 6) is -3.60. The number of nitro groups is 1. The molecule has 1 aromatic rings. The molecular weight excluding hydrogens is 288 g/mol. The first kappa shape index (κ1) is 15.3. The molecule has 0 spiro atoms. The second kappa shape index (κ2) is 5.70. The van der Waals surface area contributed by atoms with Crippen molar-refractivity contribution in [2.75, 3.05) is 18.5 Å². The van der Waals surface area contributed by atoms with E-state index in [4.69, 9.17) is 10.5 Å². The van der Waals surface area contributed by atoms with E-state index in [0.717, 1.165) is 6.07 Å². The summed E-state index contributed by atoms with van der Waals surface area (Å²) in [6, 6.07) is 1.40. The Morgan fingerprint density at radius 1 is 1.38 bits per heavy atom. The average molecular weight is 301 g/mol.